The summed E-state index contributed by atoms with van der Waals surface area (Å²) in [6, 6.07) is 5.36. The van der Waals surface area contributed by atoms with Crippen LogP contribution in [0, 0.1) is 11.8 Å². The Kier molecular flexibility index (Phi) is 5.82. The normalized spacial score (nSPS) is 25.6. The molecule has 0 heterocycles. The topological polar surface area (TPSA) is 35.5 Å². The van der Waals surface area contributed by atoms with Crippen LogP contribution in [0.25, 0.3) is 0 Å². The number of carbonyl (C=O) groups excluding carboxylic acids is 1. The number of rotatable bonds is 5. The molecule has 0 radical (unpaired) electrons. The van der Waals surface area contributed by atoms with E-state index in [1.54, 1.807) is 25.3 Å². The van der Waals surface area contributed by atoms with Crippen LogP contribution in [-0.4, -0.2) is 25.6 Å². The molecule has 0 N–H and O–H groups in total. The van der Waals surface area contributed by atoms with Gasteiger partial charge in [-0.15, -0.1) is 0 Å². The van der Waals surface area contributed by atoms with E-state index >= 15 is 0 Å². The Morgan fingerprint density at radius 3 is 2.48 bits per heavy atom. The SMILES string of the molecule is COc1ccc(C(=O)COC2CC(C)CC(C)C2)cc1Br. The van der Waals surface area contributed by atoms with Crippen molar-refractivity contribution in [3.63, 3.8) is 0 Å². The van der Waals surface area contributed by atoms with Crippen molar-refractivity contribution < 1.29 is 14.3 Å². The van der Waals surface area contributed by atoms with E-state index in [2.05, 4.69) is 29.8 Å². The monoisotopic (exact) mass is 354 g/mol. The van der Waals surface area contributed by atoms with Crippen LogP contribution < -0.4 is 4.74 Å². The fourth-order valence-corrected chi connectivity index (χ4v) is 3.67. The second-order valence-corrected chi connectivity index (χ2v) is 6.98. The summed E-state index contributed by atoms with van der Waals surface area (Å²) in [5.74, 6) is 2.11. The van der Waals surface area contributed by atoms with E-state index in [1.807, 2.05) is 0 Å². The van der Waals surface area contributed by atoms with Crippen molar-refractivity contribution >= 4 is 21.7 Å². The van der Waals surface area contributed by atoms with Crippen LogP contribution in [0.5, 0.6) is 5.75 Å². The lowest BCUT2D eigenvalue weighted by Crippen LogP contribution is -2.28. The number of carbonyl (C=O) groups is 1. The number of Topliss-reactive ketones (excluding diaryl/α,β-unsaturated/α-hetero) is 1. The van der Waals surface area contributed by atoms with Crippen molar-refractivity contribution in [1.82, 2.24) is 0 Å². The summed E-state index contributed by atoms with van der Waals surface area (Å²) in [5.41, 5.74) is 0.652. The van der Waals surface area contributed by atoms with Gasteiger partial charge in [-0.2, -0.15) is 0 Å². The highest BCUT2D eigenvalue weighted by molar-refractivity contribution is 9.10. The van der Waals surface area contributed by atoms with Gasteiger partial charge in [-0.05, 0) is 65.2 Å². The Labute approximate surface area is 135 Å². The predicted molar refractivity (Wildman–Crippen MR) is 86.9 cm³/mol. The summed E-state index contributed by atoms with van der Waals surface area (Å²) in [7, 11) is 1.61. The van der Waals surface area contributed by atoms with Gasteiger partial charge < -0.3 is 9.47 Å². The molecule has 0 aromatic heterocycles. The zero-order valence-corrected chi connectivity index (χ0v) is 14.5. The summed E-state index contributed by atoms with van der Waals surface area (Å²) in [4.78, 5) is 12.2. The summed E-state index contributed by atoms with van der Waals surface area (Å²) >= 11 is 3.40. The Balaban J connectivity index is 1.91. The van der Waals surface area contributed by atoms with Gasteiger partial charge in [0.15, 0.2) is 5.78 Å². The van der Waals surface area contributed by atoms with Crippen molar-refractivity contribution in [2.24, 2.45) is 11.8 Å². The van der Waals surface area contributed by atoms with Crippen LogP contribution >= 0.6 is 15.9 Å². The molecule has 3 nitrogen and oxygen atoms in total. The van der Waals surface area contributed by atoms with Crippen LogP contribution in [0.15, 0.2) is 22.7 Å². The van der Waals surface area contributed by atoms with Crippen LogP contribution in [0.2, 0.25) is 0 Å². The first kappa shape index (κ1) is 16.5. The van der Waals surface area contributed by atoms with Gasteiger partial charge in [0.05, 0.1) is 17.7 Å². The first-order chi connectivity index (χ1) is 9.99. The zero-order chi connectivity index (χ0) is 15.4. The third-order valence-corrected chi connectivity index (χ3v) is 4.68. The maximum absolute atomic E-state index is 12.2. The molecule has 116 valence electrons. The molecule has 1 aromatic rings. The van der Waals surface area contributed by atoms with Gasteiger partial charge in [0.1, 0.15) is 12.4 Å². The highest BCUT2D eigenvalue weighted by atomic mass is 79.9. The van der Waals surface area contributed by atoms with E-state index in [-0.39, 0.29) is 18.5 Å². The van der Waals surface area contributed by atoms with E-state index in [4.69, 9.17) is 9.47 Å². The molecule has 21 heavy (non-hydrogen) atoms. The lowest BCUT2D eigenvalue weighted by atomic mass is 9.82. The molecular weight excluding hydrogens is 332 g/mol. The Morgan fingerprint density at radius 2 is 1.90 bits per heavy atom. The molecule has 1 aliphatic carbocycles. The predicted octanol–water partition coefficient (Wildman–Crippen LogP) is 4.48. The molecule has 0 saturated heterocycles. The molecule has 2 rings (SSSR count). The second kappa shape index (κ2) is 7.41. The average Bonchev–Trinajstić information content (AvgIpc) is 2.43. The summed E-state index contributed by atoms with van der Waals surface area (Å²) in [5, 5.41) is 0. The lowest BCUT2D eigenvalue weighted by molar-refractivity contribution is 0.00562. The molecule has 0 aliphatic heterocycles. The van der Waals surface area contributed by atoms with Gasteiger partial charge in [-0.3, -0.25) is 4.79 Å². The quantitative estimate of drug-likeness (QED) is 0.731. The first-order valence-corrected chi connectivity index (χ1v) is 8.27. The minimum absolute atomic E-state index is 0.0178. The number of benzene rings is 1. The molecule has 1 fully saturated rings. The van der Waals surface area contributed by atoms with E-state index in [0.717, 1.165) is 23.1 Å². The molecule has 0 spiro atoms. The minimum atomic E-state index is 0.0178. The highest BCUT2D eigenvalue weighted by Crippen LogP contribution is 2.30. The Morgan fingerprint density at radius 1 is 1.24 bits per heavy atom. The largest absolute Gasteiger partial charge is 0.496 e. The van der Waals surface area contributed by atoms with Crippen LogP contribution in [-0.2, 0) is 4.74 Å². The van der Waals surface area contributed by atoms with Gasteiger partial charge in [0.25, 0.3) is 0 Å². The minimum Gasteiger partial charge on any atom is -0.496 e. The van der Waals surface area contributed by atoms with Crippen molar-refractivity contribution in [1.29, 1.82) is 0 Å². The summed E-state index contributed by atoms with van der Waals surface area (Å²) in [6.45, 7) is 4.67. The third kappa shape index (κ3) is 4.55. The van der Waals surface area contributed by atoms with Gasteiger partial charge in [-0.1, -0.05) is 13.8 Å². The number of halogens is 1. The number of hydrogen-bond acceptors (Lipinski definition) is 3. The highest BCUT2D eigenvalue weighted by Gasteiger charge is 2.25. The number of ketones is 1. The summed E-state index contributed by atoms with van der Waals surface area (Å²) in [6.07, 6.45) is 3.60. The van der Waals surface area contributed by atoms with Crippen molar-refractivity contribution in [3.05, 3.63) is 28.2 Å². The van der Waals surface area contributed by atoms with Crippen molar-refractivity contribution in [2.75, 3.05) is 13.7 Å². The smallest absolute Gasteiger partial charge is 0.188 e. The number of methoxy groups -OCH3 is 1. The molecule has 2 unspecified atom stereocenters. The molecule has 2 atom stereocenters. The molecule has 1 aliphatic rings. The van der Waals surface area contributed by atoms with E-state index in [9.17, 15) is 4.79 Å². The molecule has 0 amide bonds. The molecule has 1 saturated carbocycles. The average molecular weight is 355 g/mol. The Bertz CT molecular complexity index is 491. The van der Waals surface area contributed by atoms with Crippen LogP contribution in [0.4, 0.5) is 0 Å². The third-order valence-electron chi connectivity index (χ3n) is 4.06. The van der Waals surface area contributed by atoms with Gasteiger partial charge >= 0.3 is 0 Å². The van der Waals surface area contributed by atoms with E-state index in [1.165, 1.54) is 6.42 Å². The standard InChI is InChI=1S/C17H23BrO3/c1-11-6-12(2)8-14(7-11)21-10-16(19)13-4-5-17(20-3)15(18)9-13/h4-5,9,11-12,14H,6-8,10H2,1-3H3. The van der Waals surface area contributed by atoms with Gasteiger partial charge in [-0.25, -0.2) is 0 Å². The molecule has 4 heteroatoms. The first-order valence-electron chi connectivity index (χ1n) is 7.48. The van der Waals surface area contributed by atoms with Crippen molar-refractivity contribution in [2.45, 2.75) is 39.2 Å². The van der Waals surface area contributed by atoms with E-state index < -0.39 is 0 Å². The lowest BCUT2D eigenvalue weighted by Gasteiger charge is -2.31. The van der Waals surface area contributed by atoms with Crippen LogP contribution in [0.1, 0.15) is 43.5 Å². The number of ether oxygens (including phenoxy) is 2. The van der Waals surface area contributed by atoms with E-state index in [0.29, 0.717) is 17.4 Å². The number of hydrogen-bond donors (Lipinski definition) is 0. The Hall–Kier alpha value is -0.870. The second-order valence-electron chi connectivity index (χ2n) is 6.12. The maximum atomic E-state index is 12.2. The molecular formula is C17H23BrO3. The molecule has 1 aromatic carbocycles. The van der Waals surface area contributed by atoms with Crippen LogP contribution in [0.3, 0.4) is 0 Å². The fraction of sp³-hybridized carbons (Fsp3) is 0.588. The maximum Gasteiger partial charge on any atom is 0.188 e. The zero-order valence-electron chi connectivity index (χ0n) is 12.9. The fourth-order valence-electron chi connectivity index (χ4n) is 3.13. The molecule has 0 bridgehead atoms. The van der Waals surface area contributed by atoms with Gasteiger partial charge in [0, 0.05) is 5.56 Å². The summed E-state index contributed by atoms with van der Waals surface area (Å²) < 4.78 is 11.8. The van der Waals surface area contributed by atoms with Crippen molar-refractivity contribution in [3.8, 4) is 5.75 Å². The van der Waals surface area contributed by atoms with Gasteiger partial charge in [0.2, 0.25) is 0 Å².